The van der Waals surface area contributed by atoms with E-state index < -0.39 is 8.80 Å². The van der Waals surface area contributed by atoms with Gasteiger partial charge in [-0.15, -0.1) is 0 Å². The van der Waals surface area contributed by atoms with Crippen molar-refractivity contribution in [3.8, 4) is 5.75 Å². The van der Waals surface area contributed by atoms with Crippen molar-refractivity contribution in [1.29, 1.82) is 0 Å². The van der Waals surface area contributed by atoms with Crippen molar-refractivity contribution in [3.63, 3.8) is 0 Å². The van der Waals surface area contributed by atoms with Gasteiger partial charge < -0.3 is 5.11 Å². The highest BCUT2D eigenvalue weighted by Crippen LogP contribution is 2.03. The smallest absolute Gasteiger partial charge is 0.115 e. The Labute approximate surface area is 62.9 Å². The molecule has 0 radical (unpaired) electrons. The van der Waals surface area contributed by atoms with Crippen molar-refractivity contribution in [2.75, 3.05) is 0 Å². The lowest BCUT2D eigenvalue weighted by Gasteiger charge is -2.01. The first-order valence-corrected chi connectivity index (χ1v) is 6.38. The highest BCUT2D eigenvalue weighted by Gasteiger charge is 1.97. The van der Waals surface area contributed by atoms with Gasteiger partial charge >= 0.3 is 0 Å². The molecule has 1 N–H and O–H groups in total. The molecule has 0 heterocycles. The third kappa shape index (κ3) is 1.61. The number of aromatic hydroxyl groups is 1. The van der Waals surface area contributed by atoms with Gasteiger partial charge in [-0.3, -0.25) is 0 Å². The van der Waals surface area contributed by atoms with Gasteiger partial charge in [0.15, 0.2) is 0 Å². The average molecular weight is 152 g/mol. The van der Waals surface area contributed by atoms with Crippen molar-refractivity contribution in [1.82, 2.24) is 0 Å². The predicted molar refractivity (Wildman–Crippen MR) is 46.6 cm³/mol. The first-order valence-electron chi connectivity index (χ1n) is 3.49. The van der Waals surface area contributed by atoms with Gasteiger partial charge in [-0.05, 0) is 12.1 Å². The fourth-order valence-corrected chi connectivity index (χ4v) is 1.82. The van der Waals surface area contributed by atoms with Gasteiger partial charge in [-0.2, -0.15) is 0 Å². The summed E-state index contributed by atoms with van der Waals surface area (Å²) in [6.45, 7) is 4.54. The molecule has 1 rings (SSSR count). The minimum absolute atomic E-state index is 0.360. The van der Waals surface area contributed by atoms with E-state index in [0.717, 1.165) is 0 Å². The Morgan fingerprint density at radius 2 is 1.60 bits per heavy atom. The molecule has 2 heteroatoms. The Morgan fingerprint density at radius 1 is 1.10 bits per heavy atom. The van der Waals surface area contributed by atoms with E-state index in [-0.39, 0.29) is 0 Å². The van der Waals surface area contributed by atoms with Crippen LogP contribution in [0.5, 0.6) is 5.75 Å². The summed E-state index contributed by atoms with van der Waals surface area (Å²) >= 11 is 0. The molecule has 0 amide bonds. The summed E-state index contributed by atoms with van der Waals surface area (Å²) in [5.41, 5.74) is 0. The zero-order chi connectivity index (χ0) is 7.56. The first kappa shape index (κ1) is 7.35. The fourth-order valence-electron chi connectivity index (χ4n) is 0.859. The molecule has 0 saturated carbocycles. The van der Waals surface area contributed by atoms with Gasteiger partial charge in [0.25, 0.3) is 0 Å². The molecule has 0 aliphatic carbocycles. The van der Waals surface area contributed by atoms with E-state index in [9.17, 15) is 0 Å². The third-order valence-electron chi connectivity index (χ3n) is 1.56. The van der Waals surface area contributed by atoms with Crippen molar-refractivity contribution in [2.24, 2.45) is 0 Å². The molecule has 0 aromatic heterocycles. The van der Waals surface area contributed by atoms with Crippen LogP contribution in [0.15, 0.2) is 24.3 Å². The van der Waals surface area contributed by atoms with Gasteiger partial charge in [-0.25, -0.2) is 0 Å². The SMILES string of the molecule is C[SiH](C)c1ccc(O)cc1. The molecule has 1 aromatic rings. The zero-order valence-electron chi connectivity index (χ0n) is 6.33. The maximum Gasteiger partial charge on any atom is 0.115 e. The normalized spacial score (nSPS) is 10.3. The Balaban J connectivity index is 2.89. The van der Waals surface area contributed by atoms with E-state index >= 15 is 0 Å². The maximum absolute atomic E-state index is 8.95. The van der Waals surface area contributed by atoms with Crippen LogP contribution in [0.4, 0.5) is 0 Å². The van der Waals surface area contributed by atoms with E-state index in [1.54, 1.807) is 12.1 Å². The van der Waals surface area contributed by atoms with Crippen LogP contribution in [0, 0.1) is 0 Å². The van der Waals surface area contributed by atoms with Crippen molar-refractivity contribution >= 4 is 14.0 Å². The van der Waals surface area contributed by atoms with Gasteiger partial charge in [0, 0.05) is 0 Å². The van der Waals surface area contributed by atoms with E-state index in [2.05, 4.69) is 13.1 Å². The molecule has 0 atom stereocenters. The second-order valence-corrected chi connectivity index (χ2v) is 5.72. The molecule has 0 unspecified atom stereocenters. The maximum atomic E-state index is 8.95. The van der Waals surface area contributed by atoms with Gasteiger partial charge in [0.2, 0.25) is 0 Å². The minimum atomic E-state index is -0.661. The van der Waals surface area contributed by atoms with E-state index in [1.807, 2.05) is 12.1 Å². The van der Waals surface area contributed by atoms with Crippen LogP contribution in [-0.2, 0) is 0 Å². The van der Waals surface area contributed by atoms with Crippen molar-refractivity contribution in [2.45, 2.75) is 13.1 Å². The molecular formula is C8H12OSi. The van der Waals surface area contributed by atoms with E-state index in [0.29, 0.717) is 5.75 Å². The van der Waals surface area contributed by atoms with Crippen LogP contribution in [0.1, 0.15) is 0 Å². The lowest BCUT2D eigenvalue weighted by atomic mass is 10.3. The molecule has 0 spiro atoms. The van der Waals surface area contributed by atoms with Crippen LogP contribution >= 0.6 is 0 Å². The summed E-state index contributed by atoms with van der Waals surface area (Å²) in [5.74, 6) is 0.360. The molecule has 0 fully saturated rings. The molecule has 0 aliphatic rings. The quantitative estimate of drug-likeness (QED) is 0.597. The Kier molecular flexibility index (Phi) is 2.12. The first-order chi connectivity index (χ1) is 4.70. The van der Waals surface area contributed by atoms with Crippen LogP contribution in [0.2, 0.25) is 13.1 Å². The highest BCUT2D eigenvalue weighted by atomic mass is 28.3. The molecule has 0 bridgehead atoms. The van der Waals surface area contributed by atoms with E-state index in [4.69, 9.17) is 5.11 Å². The van der Waals surface area contributed by atoms with Crippen LogP contribution in [0.25, 0.3) is 0 Å². The van der Waals surface area contributed by atoms with Crippen LogP contribution < -0.4 is 5.19 Å². The Bertz CT molecular complexity index is 203. The van der Waals surface area contributed by atoms with Gasteiger partial charge in [0.05, 0.1) is 8.80 Å². The monoisotopic (exact) mass is 152 g/mol. The molecular weight excluding hydrogens is 140 g/mol. The number of phenols is 1. The summed E-state index contributed by atoms with van der Waals surface area (Å²) in [4.78, 5) is 0. The van der Waals surface area contributed by atoms with E-state index in [1.165, 1.54) is 5.19 Å². The largest absolute Gasteiger partial charge is 0.508 e. The van der Waals surface area contributed by atoms with Crippen LogP contribution in [-0.4, -0.2) is 13.9 Å². The fraction of sp³-hybridized carbons (Fsp3) is 0.250. The molecule has 10 heavy (non-hydrogen) atoms. The lowest BCUT2D eigenvalue weighted by molar-refractivity contribution is 0.475. The summed E-state index contributed by atoms with van der Waals surface area (Å²) in [6, 6.07) is 7.52. The second kappa shape index (κ2) is 2.88. The van der Waals surface area contributed by atoms with Gasteiger partial charge in [0.1, 0.15) is 5.75 Å². The predicted octanol–water partition coefficient (Wildman–Crippen LogP) is 1.09. The Morgan fingerprint density at radius 3 is 2.00 bits per heavy atom. The molecule has 1 nitrogen and oxygen atoms in total. The summed E-state index contributed by atoms with van der Waals surface area (Å²) < 4.78 is 0. The number of rotatable bonds is 1. The third-order valence-corrected chi connectivity index (χ3v) is 3.28. The summed E-state index contributed by atoms with van der Waals surface area (Å²) in [7, 11) is -0.661. The minimum Gasteiger partial charge on any atom is -0.508 e. The second-order valence-electron chi connectivity index (χ2n) is 2.75. The highest BCUT2D eigenvalue weighted by molar-refractivity contribution is 6.70. The number of phenolic OH excluding ortho intramolecular Hbond substituents is 1. The molecule has 54 valence electrons. The van der Waals surface area contributed by atoms with Crippen LogP contribution in [0.3, 0.4) is 0 Å². The summed E-state index contributed by atoms with van der Waals surface area (Å²) in [5, 5.41) is 10.4. The standard InChI is InChI=1S/C8H12OSi/c1-10(2)8-5-3-7(9)4-6-8/h3-6,9-10H,1-2H3. The van der Waals surface area contributed by atoms with Crippen molar-refractivity contribution in [3.05, 3.63) is 24.3 Å². The Hall–Kier alpha value is -0.763. The molecule has 0 aliphatic heterocycles. The zero-order valence-corrected chi connectivity index (χ0v) is 7.49. The molecule has 0 saturated heterocycles. The van der Waals surface area contributed by atoms with Crippen molar-refractivity contribution < 1.29 is 5.11 Å². The average Bonchev–Trinajstić information content (AvgIpc) is 1.88. The van der Waals surface area contributed by atoms with Gasteiger partial charge in [-0.1, -0.05) is 30.4 Å². The number of benzene rings is 1. The molecule has 1 aromatic carbocycles. The lowest BCUT2D eigenvalue weighted by Crippen LogP contribution is -2.21. The number of hydrogen-bond donors (Lipinski definition) is 1. The number of hydrogen-bond acceptors (Lipinski definition) is 1. The topological polar surface area (TPSA) is 20.2 Å². The summed E-state index contributed by atoms with van der Waals surface area (Å²) in [6.07, 6.45) is 0.